The minimum absolute atomic E-state index is 0.445. The average Bonchev–Trinajstić information content (AvgIpc) is 2.94. The molecule has 4 nitrogen and oxygen atoms in total. The number of hydrogen-bond donors (Lipinski definition) is 1. The lowest BCUT2D eigenvalue weighted by Crippen LogP contribution is -2.13. The van der Waals surface area contributed by atoms with E-state index < -0.39 is 5.91 Å². The highest BCUT2D eigenvalue weighted by Gasteiger charge is 2.24. The molecule has 28 heavy (non-hydrogen) atoms. The van der Waals surface area contributed by atoms with E-state index in [1.807, 2.05) is 43.3 Å². The van der Waals surface area contributed by atoms with Crippen molar-refractivity contribution in [1.29, 1.82) is 5.26 Å². The van der Waals surface area contributed by atoms with Crippen LogP contribution in [0.1, 0.15) is 46.2 Å². The molecule has 3 aromatic rings. The van der Waals surface area contributed by atoms with Gasteiger partial charge in [-0.05, 0) is 48.7 Å². The third-order valence-electron chi connectivity index (χ3n) is 4.90. The van der Waals surface area contributed by atoms with Gasteiger partial charge in [-0.15, -0.1) is 0 Å². The van der Waals surface area contributed by atoms with E-state index in [4.69, 9.17) is 22.6 Å². The fraction of sp³-hybridized carbons (Fsp3) is 0.217. The number of nitriles is 1. The molecule has 0 saturated carbocycles. The number of carbonyl (C=O) groups is 1. The van der Waals surface area contributed by atoms with Gasteiger partial charge >= 0.3 is 0 Å². The van der Waals surface area contributed by atoms with Gasteiger partial charge in [0, 0.05) is 28.5 Å². The predicted molar refractivity (Wildman–Crippen MR) is 112 cm³/mol. The van der Waals surface area contributed by atoms with Crippen LogP contribution in [0.15, 0.2) is 48.5 Å². The first-order valence-electron chi connectivity index (χ1n) is 9.23. The van der Waals surface area contributed by atoms with Crippen LogP contribution in [-0.2, 0) is 13.0 Å². The van der Waals surface area contributed by atoms with Crippen LogP contribution in [-0.4, -0.2) is 10.5 Å². The molecule has 1 amide bonds. The third kappa shape index (κ3) is 3.81. The Morgan fingerprint density at radius 1 is 1.21 bits per heavy atom. The zero-order chi connectivity index (χ0) is 20.3. The lowest BCUT2D eigenvalue weighted by Gasteiger charge is -2.13. The molecule has 0 aliphatic rings. The Morgan fingerprint density at radius 3 is 2.50 bits per heavy atom. The van der Waals surface area contributed by atoms with Crippen LogP contribution in [0.2, 0.25) is 5.02 Å². The smallest absolute Gasteiger partial charge is 0.251 e. The normalized spacial score (nSPS) is 10.6. The minimum atomic E-state index is -0.445. The summed E-state index contributed by atoms with van der Waals surface area (Å²) in [7, 11) is 0. The number of hydrogen-bond acceptors (Lipinski definition) is 2. The summed E-state index contributed by atoms with van der Waals surface area (Å²) in [6, 6.07) is 17.1. The Balaban J connectivity index is 2.22. The Labute approximate surface area is 170 Å². The fourth-order valence-electron chi connectivity index (χ4n) is 3.65. The number of rotatable bonds is 6. The maximum atomic E-state index is 12.4. The van der Waals surface area contributed by atoms with Gasteiger partial charge in [0.25, 0.3) is 5.91 Å². The van der Waals surface area contributed by atoms with Gasteiger partial charge in [0.05, 0.1) is 17.2 Å². The number of nitrogens with zero attached hydrogens (tertiary/aromatic N) is 2. The van der Waals surface area contributed by atoms with E-state index in [2.05, 4.69) is 17.6 Å². The van der Waals surface area contributed by atoms with Crippen molar-refractivity contribution >= 4 is 17.5 Å². The Hall–Kier alpha value is -3.03. The van der Waals surface area contributed by atoms with Crippen LogP contribution in [0.25, 0.3) is 11.1 Å². The molecule has 0 atom stereocenters. The molecular weight excluding hydrogens is 370 g/mol. The van der Waals surface area contributed by atoms with Crippen molar-refractivity contribution in [2.75, 3.05) is 0 Å². The zero-order valence-electron chi connectivity index (χ0n) is 16.0. The van der Waals surface area contributed by atoms with E-state index in [0.717, 1.165) is 40.9 Å². The van der Waals surface area contributed by atoms with E-state index in [-0.39, 0.29) is 0 Å². The molecule has 0 fully saturated rings. The molecule has 3 rings (SSSR count). The van der Waals surface area contributed by atoms with Gasteiger partial charge in [-0.3, -0.25) is 4.79 Å². The summed E-state index contributed by atoms with van der Waals surface area (Å²) < 4.78 is 2.16. The van der Waals surface area contributed by atoms with Crippen LogP contribution in [0.4, 0.5) is 0 Å². The summed E-state index contributed by atoms with van der Waals surface area (Å²) in [6.07, 6.45) is 1.74. The van der Waals surface area contributed by atoms with Crippen molar-refractivity contribution in [3.8, 4) is 17.2 Å². The molecule has 1 heterocycles. The number of carbonyl (C=O) groups excluding carboxylic acids is 1. The van der Waals surface area contributed by atoms with Crippen molar-refractivity contribution in [2.45, 2.75) is 33.2 Å². The molecule has 142 valence electrons. The lowest BCUT2D eigenvalue weighted by atomic mass is 9.97. The molecular formula is C23H22ClN3O. The number of amides is 1. The largest absolute Gasteiger partial charge is 0.366 e. The second-order valence-corrected chi connectivity index (χ2v) is 7.24. The molecule has 0 aliphatic carbocycles. The molecule has 0 bridgehead atoms. The van der Waals surface area contributed by atoms with Gasteiger partial charge in [0.15, 0.2) is 0 Å². The summed E-state index contributed by atoms with van der Waals surface area (Å²) in [6.45, 7) is 4.65. The lowest BCUT2D eigenvalue weighted by molar-refractivity contribution is 0.1000. The quantitative estimate of drug-likeness (QED) is 0.635. The standard InChI is InChI=1S/C23H22ClN3O/c1-3-5-20-22(18-10-8-16(13-25)9-11-18)21(23(26)28)15(2)27(20)14-17-6-4-7-19(24)12-17/h4,6-12H,3,5,14H2,1-2H3,(H2,26,28). The first kappa shape index (κ1) is 19.7. The van der Waals surface area contributed by atoms with Crippen molar-refractivity contribution in [1.82, 2.24) is 4.57 Å². The van der Waals surface area contributed by atoms with Crippen LogP contribution in [0.5, 0.6) is 0 Å². The monoisotopic (exact) mass is 391 g/mol. The molecule has 2 N–H and O–H groups in total. The molecule has 1 aromatic heterocycles. The summed E-state index contributed by atoms with van der Waals surface area (Å²) in [5.41, 5.74) is 11.6. The zero-order valence-corrected chi connectivity index (χ0v) is 16.8. The highest BCUT2D eigenvalue weighted by atomic mass is 35.5. The van der Waals surface area contributed by atoms with E-state index in [0.29, 0.717) is 22.7 Å². The molecule has 0 aliphatic heterocycles. The van der Waals surface area contributed by atoms with Crippen LogP contribution >= 0.6 is 11.6 Å². The first-order valence-corrected chi connectivity index (χ1v) is 9.60. The first-order chi connectivity index (χ1) is 13.5. The Kier molecular flexibility index (Phi) is 5.87. The highest BCUT2D eigenvalue weighted by Crippen LogP contribution is 2.34. The highest BCUT2D eigenvalue weighted by molar-refractivity contribution is 6.30. The Morgan fingerprint density at radius 2 is 1.93 bits per heavy atom. The minimum Gasteiger partial charge on any atom is -0.366 e. The number of primary amides is 1. The van der Waals surface area contributed by atoms with E-state index in [1.54, 1.807) is 12.1 Å². The van der Waals surface area contributed by atoms with E-state index >= 15 is 0 Å². The van der Waals surface area contributed by atoms with Gasteiger partial charge in [0.1, 0.15) is 0 Å². The predicted octanol–water partition coefficient (Wildman–Crippen LogP) is 5.09. The maximum Gasteiger partial charge on any atom is 0.251 e. The van der Waals surface area contributed by atoms with E-state index in [9.17, 15) is 4.79 Å². The summed E-state index contributed by atoms with van der Waals surface area (Å²) in [5.74, 6) is -0.445. The van der Waals surface area contributed by atoms with Gasteiger partial charge < -0.3 is 10.3 Å². The SMILES string of the molecule is CCCc1c(-c2ccc(C#N)cc2)c(C(N)=O)c(C)n1Cc1cccc(Cl)c1. The third-order valence-corrected chi connectivity index (χ3v) is 5.13. The molecule has 0 saturated heterocycles. The van der Waals surface area contributed by atoms with Gasteiger partial charge in [-0.1, -0.05) is 49.2 Å². The van der Waals surface area contributed by atoms with Gasteiger partial charge in [-0.25, -0.2) is 0 Å². The molecule has 0 unspecified atom stereocenters. The number of nitrogens with two attached hydrogens (primary N) is 1. The molecule has 5 heteroatoms. The van der Waals surface area contributed by atoms with Crippen molar-refractivity contribution in [3.63, 3.8) is 0 Å². The van der Waals surface area contributed by atoms with Crippen LogP contribution in [0, 0.1) is 18.3 Å². The fourth-order valence-corrected chi connectivity index (χ4v) is 3.86. The average molecular weight is 392 g/mol. The number of halogens is 1. The molecule has 2 aromatic carbocycles. The number of aromatic nitrogens is 1. The number of benzene rings is 2. The summed E-state index contributed by atoms with van der Waals surface area (Å²) in [5, 5.41) is 9.76. The van der Waals surface area contributed by atoms with Gasteiger partial charge in [0.2, 0.25) is 0 Å². The van der Waals surface area contributed by atoms with Crippen molar-refractivity contribution in [2.24, 2.45) is 5.73 Å². The van der Waals surface area contributed by atoms with Crippen LogP contribution in [0.3, 0.4) is 0 Å². The molecule has 0 spiro atoms. The Bertz CT molecular complexity index is 1060. The van der Waals surface area contributed by atoms with E-state index in [1.165, 1.54) is 0 Å². The van der Waals surface area contributed by atoms with Crippen molar-refractivity contribution < 1.29 is 4.79 Å². The van der Waals surface area contributed by atoms with Crippen molar-refractivity contribution in [3.05, 3.63) is 81.6 Å². The van der Waals surface area contributed by atoms with Gasteiger partial charge in [-0.2, -0.15) is 5.26 Å². The second-order valence-electron chi connectivity index (χ2n) is 6.80. The van der Waals surface area contributed by atoms with Crippen LogP contribution < -0.4 is 5.73 Å². The second kappa shape index (κ2) is 8.33. The maximum absolute atomic E-state index is 12.4. The summed E-state index contributed by atoms with van der Waals surface area (Å²) >= 11 is 6.15. The summed E-state index contributed by atoms with van der Waals surface area (Å²) in [4.78, 5) is 12.4. The topological polar surface area (TPSA) is 71.8 Å². The molecule has 0 radical (unpaired) electrons.